The van der Waals surface area contributed by atoms with Gasteiger partial charge in [0.05, 0.1) is 38.0 Å². The Morgan fingerprint density at radius 3 is 2.43 bits per heavy atom. The van der Waals surface area contributed by atoms with Gasteiger partial charge < -0.3 is 24.8 Å². The van der Waals surface area contributed by atoms with E-state index in [0.29, 0.717) is 24.0 Å². The van der Waals surface area contributed by atoms with Crippen LogP contribution in [-0.4, -0.2) is 60.2 Å². The van der Waals surface area contributed by atoms with Crippen molar-refractivity contribution >= 4 is 24.2 Å². The van der Waals surface area contributed by atoms with Crippen molar-refractivity contribution < 1.29 is 28.6 Å². The molecule has 2 atom stereocenters. The Bertz CT molecular complexity index is 1050. The van der Waals surface area contributed by atoms with Crippen molar-refractivity contribution in [2.75, 3.05) is 20.8 Å². The van der Waals surface area contributed by atoms with Gasteiger partial charge in [-0.2, -0.15) is 5.10 Å². The van der Waals surface area contributed by atoms with E-state index in [1.165, 1.54) is 25.1 Å². The highest BCUT2D eigenvalue weighted by molar-refractivity contribution is 5.96. The number of methoxy groups -OCH3 is 2. The first-order chi connectivity index (χ1) is 17.5. The molecule has 0 aromatic carbocycles. The van der Waals surface area contributed by atoms with E-state index in [-0.39, 0.29) is 35.7 Å². The van der Waals surface area contributed by atoms with Crippen LogP contribution in [0.2, 0.25) is 0 Å². The Labute approximate surface area is 218 Å². The summed E-state index contributed by atoms with van der Waals surface area (Å²) in [6.45, 7) is 8.12. The van der Waals surface area contributed by atoms with Gasteiger partial charge in [-0.15, -0.1) is 0 Å². The number of hydrogen-bond acceptors (Lipinski definition) is 7. The topological polar surface area (TPSA) is 121 Å². The number of nitrogens with zero attached hydrogens (tertiary/aromatic N) is 2. The summed E-state index contributed by atoms with van der Waals surface area (Å²) < 4.78 is 17.4. The van der Waals surface area contributed by atoms with Crippen molar-refractivity contribution in [1.82, 2.24) is 20.4 Å². The van der Waals surface area contributed by atoms with Crippen LogP contribution in [0, 0.1) is 29.1 Å². The molecule has 2 amide bonds. The Kier molecular flexibility index (Phi) is 7.57. The van der Waals surface area contributed by atoms with Gasteiger partial charge in [0.15, 0.2) is 0 Å². The van der Waals surface area contributed by atoms with E-state index < -0.39 is 17.0 Å². The largest absolute Gasteiger partial charge is 0.477 e. The minimum Gasteiger partial charge on any atom is -0.477 e. The molecule has 204 valence electrons. The van der Waals surface area contributed by atoms with E-state index in [0.717, 1.165) is 32.1 Å². The molecule has 4 aliphatic carbocycles. The number of aromatic nitrogens is 2. The monoisotopic (exact) mass is 516 g/mol. The van der Waals surface area contributed by atoms with Crippen LogP contribution in [0.1, 0.15) is 70.2 Å². The Balaban J connectivity index is 1.52. The van der Waals surface area contributed by atoms with Gasteiger partial charge in [-0.05, 0) is 75.7 Å². The van der Waals surface area contributed by atoms with Crippen LogP contribution in [-0.2, 0) is 14.3 Å². The second-order valence-corrected chi connectivity index (χ2v) is 11.9. The molecule has 1 aromatic rings. The minimum atomic E-state index is -0.716. The molecule has 0 saturated heterocycles. The summed E-state index contributed by atoms with van der Waals surface area (Å²) in [5.41, 5.74) is -0.744. The summed E-state index contributed by atoms with van der Waals surface area (Å²) >= 11 is 0. The van der Waals surface area contributed by atoms with Crippen molar-refractivity contribution in [3.63, 3.8) is 0 Å². The molecule has 10 nitrogen and oxygen atoms in total. The first kappa shape index (κ1) is 27.0. The normalized spacial score (nSPS) is 28.4. The summed E-state index contributed by atoms with van der Waals surface area (Å²) in [6.07, 6.45) is 8.88. The van der Waals surface area contributed by atoms with E-state index in [9.17, 15) is 14.4 Å². The van der Waals surface area contributed by atoms with Gasteiger partial charge in [0.25, 0.3) is 5.91 Å². The number of ether oxygens (including phenoxy) is 3. The molecule has 4 saturated carbocycles. The zero-order valence-corrected chi connectivity index (χ0v) is 22.7. The van der Waals surface area contributed by atoms with Crippen LogP contribution < -0.4 is 15.4 Å². The number of carbonyl (C=O) groups is 3. The van der Waals surface area contributed by atoms with Gasteiger partial charge in [-0.1, -0.05) is 13.8 Å². The molecule has 0 radical (unpaired) electrons. The molecule has 5 rings (SSSR count). The zero-order chi connectivity index (χ0) is 27.0. The standard InChI is InChI=1S/C27H40N4O6/c1-16(2)15-37-23-20(14-28-31(23)8-7-26(3,4)30-25(34)36-6)22(32)29-21-18-9-17-10-19(21)13-27(11-17,12-18)24(33)35-5/h7-8,14,16-19,21H,9-13,15H2,1-6H3,(H,29,32)(H,30,34)/b8-7+/t17?,18?,19?,21-,27-. The Morgan fingerprint density at radius 1 is 1.16 bits per heavy atom. The smallest absolute Gasteiger partial charge is 0.407 e. The number of carbonyl (C=O) groups excluding carboxylic acids is 3. The second kappa shape index (κ2) is 10.4. The number of amides is 2. The number of esters is 1. The lowest BCUT2D eigenvalue weighted by molar-refractivity contribution is -0.170. The molecule has 0 spiro atoms. The summed E-state index contributed by atoms with van der Waals surface area (Å²) in [7, 11) is 2.78. The van der Waals surface area contributed by atoms with Crippen molar-refractivity contribution in [2.24, 2.45) is 29.1 Å². The first-order valence-corrected chi connectivity index (χ1v) is 13.1. The summed E-state index contributed by atoms with van der Waals surface area (Å²) in [5, 5.41) is 10.4. The third-order valence-corrected chi connectivity index (χ3v) is 7.98. The van der Waals surface area contributed by atoms with Crippen LogP contribution in [0.3, 0.4) is 0 Å². The fraction of sp³-hybridized carbons (Fsp3) is 0.704. The van der Waals surface area contributed by atoms with E-state index in [1.807, 2.05) is 27.7 Å². The van der Waals surface area contributed by atoms with Gasteiger partial charge in [0, 0.05) is 12.2 Å². The SMILES string of the molecule is COC(=O)NC(C)(C)/C=C/n1ncc(C(=O)N[C@H]2C3CC4CC2C[C@](C(=O)OC)(C4)C3)c1OCC(C)C. The van der Waals surface area contributed by atoms with Crippen LogP contribution in [0.25, 0.3) is 6.20 Å². The fourth-order valence-corrected chi connectivity index (χ4v) is 6.57. The highest BCUT2D eigenvalue weighted by Gasteiger charge is 2.59. The molecular formula is C27H40N4O6. The van der Waals surface area contributed by atoms with E-state index >= 15 is 0 Å². The molecule has 37 heavy (non-hydrogen) atoms. The Morgan fingerprint density at radius 2 is 1.84 bits per heavy atom. The van der Waals surface area contributed by atoms with Gasteiger partial charge in [0.1, 0.15) is 5.56 Å². The maximum Gasteiger partial charge on any atom is 0.407 e. The highest BCUT2D eigenvalue weighted by Crippen LogP contribution is 2.60. The lowest BCUT2D eigenvalue weighted by atomic mass is 9.48. The number of rotatable bonds is 9. The van der Waals surface area contributed by atoms with Crippen LogP contribution >= 0.6 is 0 Å². The minimum absolute atomic E-state index is 0.0156. The number of nitrogens with one attached hydrogen (secondary N) is 2. The molecule has 4 fully saturated rings. The summed E-state index contributed by atoms with van der Waals surface area (Å²) in [6, 6.07) is 0.0156. The quantitative estimate of drug-likeness (QED) is 0.481. The van der Waals surface area contributed by atoms with Crippen molar-refractivity contribution in [2.45, 2.75) is 71.4 Å². The molecule has 2 N–H and O–H groups in total. The van der Waals surface area contributed by atoms with Crippen molar-refractivity contribution in [3.8, 4) is 5.88 Å². The molecule has 4 aliphatic rings. The molecule has 0 aliphatic heterocycles. The molecule has 1 heterocycles. The maximum absolute atomic E-state index is 13.5. The van der Waals surface area contributed by atoms with Gasteiger partial charge >= 0.3 is 12.1 Å². The lowest BCUT2D eigenvalue weighted by Crippen LogP contribution is -2.61. The van der Waals surface area contributed by atoms with Crippen LogP contribution in [0.5, 0.6) is 5.88 Å². The third kappa shape index (κ3) is 5.62. The predicted octanol–water partition coefficient (Wildman–Crippen LogP) is 3.62. The summed E-state index contributed by atoms with van der Waals surface area (Å²) in [4.78, 5) is 37.8. The average molecular weight is 517 g/mol. The van der Waals surface area contributed by atoms with Crippen molar-refractivity contribution in [1.29, 1.82) is 0 Å². The van der Waals surface area contributed by atoms with Gasteiger partial charge in [-0.3, -0.25) is 9.59 Å². The fourth-order valence-electron chi connectivity index (χ4n) is 6.57. The van der Waals surface area contributed by atoms with E-state index in [2.05, 4.69) is 15.7 Å². The average Bonchev–Trinajstić information content (AvgIpc) is 3.25. The molecule has 4 bridgehead atoms. The molecule has 2 unspecified atom stereocenters. The van der Waals surface area contributed by atoms with Gasteiger partial charge in [-0.25, -0.2) is 9.48 Å². The van der Waals surface area contributed by atoms with Crippen LogP contribution in [0.4, 0.5) is 4.79 Å². The van der Waals surface area contributed by atoms with Gasteiger partial charge in [0.2, 0.25) is 5.88 Å². The van der Waals surface area contributed by atoms with Crippen LogP contribution in [0.15, 0.2) is 12.3 Å². The third-order valence-electron chi connectivity index (χ3n) is 7.98. The number of alkyl carbamates (subject to hydrolysis) is 1. The molecular weight excluding hydrogens is 476 g/mol. The highest BCUT2D eigenvalue weighted by atomic mass is 16.5. The first-order valence-electron chi connectivity index (χ1n) is 13.1. The maximum atomic E-state index is 13.5. The zero-order valence-electron chi connectivity index (χ0n) is 22.7. The van der Waals surface area contributed by atoms with E-state index in [4.69, 9.17) is 14.2 Å². The predicted molar refractivity (Wildman–Crippen MR) is 137 cm³/mol. The van der Waals surface area contributed by atoms with Crippen molar-refractivity contribution in [3.05, 3.63) is 17.8 Å². The molecule has 10 heteroatoms. The number of hydrogen-bond donors (Lipinski definition) is 2. The second-order valence-electron chi connectivity index (χ2n) is 11.9. The Hall–Kier alpha value is -3.04. The lowest BCUT2D eigenvalue weighted by Gasteiger charge is -2.58. The summed E-state index contributed by atoms with van der Waals surface area (Å²) in [5.74, 6) is 1.31. The molecule has 1 aromatic heterocycles. The van der Waals surface area contributed by atoms with E-state index in [1.54, 1.807) is 12.3 Å².